The van der Waals surface area contributed by atoms with E-state index in [0.717, 1.165) is 6.42 Å². The Labute approximate surface area is 96.3 Å². The van der Waals surface area contributed by atoms with Crippen molar-refractivity contribution in [3.63, 3.8) is 0 Å². The van der Waals surface area contributed by atoms with Crippen LogP contribution >= 0.6 is 0 Å². The average Bonchev–Trinajstić information content (AvgIpc) is 2.28. The molecule has 1 aromatic rings. The molecule has 0 saturated carbocycles. The van der Waals surface area contributed by atoms with Crippen LogP contribution in [-0.4, -0.2) is 26.9 Å². The SMILES string of the molecule is COCCC(C)Oc1ccc(N)cc1OC. The second-order valence-corrected chi connectivity index (χ2v) is 3.62. The van der Waals surface area contributed by atoms with E-state index in [1.165, 1.54) is 0 Å². The molecule has 0 aliphatic rings. The van der Waals surface area contributed by atoms with Gasteiger partial charge in [0.25, 0.3) is 0 Å². The van der Waals surface area contributed by atoms with E-state index in [4.69, 9.17) is 19.9 Å². The molecule has 0 radical (unpaired) electrons. The third kappa shape index (κ3) is 3.62. The van der Waals surface area contributed by atoms with Crippen LogP contribution in [0.3, 0.4) is 0 Å². The number of anilines is 1. The van der Waals surface area contributed by atoms with E-state index >= 15 is 0 Å². The van der Waals surface area contributed by atoms with Gasteiger partial charge < -0.3 is 19.9 Å². The van der Waals surface area contributed by atoms with Crippen molar-refractivity contribution in [2.75, 3.05) is 26.6 Å². The first-order valence-corrected chi connectivity index (χ1v) is 5.26. The van der Waals surface area contributed by atoms with Crippen LogP contribution in [0.25, 0.3) is 0 Å². The predicted molar refractivity (Wildman–Crippen MR) is 64.0 cm³/mol. The summed E-state index contributed by atoms with van der Waals surface area (Å²) in [5, 5.41) is 0. The highest BCUT2D eigenvalue weighted by Gasteiger charge is 2.09. The molecule has 90 valence electrons. The highest BCUT2D eigenvalue weighted by Crippen LogP contribution is 2.30. The van der Waals surface area contributed by atoms with Gasteiger partial charge in [-0.15, -0.1) is 0 Å². The van der Waals surface area contributed by atoms with E-state index in [1.54, 1.807) is 26.4 Å². The molecule has 0 aliphatic heterocycles. The molecule has 0 aliphatic carbocycles. The number of nitrogen functional groups attached to an aromatic ring is 1. The maximum Gasteiger partial charge on any atom is 0.162 e. The molecule has 0 spiro atoms. The van der Waals surface area contributed by atoms with Gasteiger partial charge in [0, 0.05) is 31.9 Å². The fourth-order valence-electron chi connectivity index (χ4n) is 1.34. The number of rotatable bonds is 6. The number of ether oxygens (including phenoxy) is 3. The van der Waals surface area contributed by atoms with Gasteiger partial charge in [0.2, 0.25) is 0 Å². The number of hydrogen-bond acceptors (Lipinski definition) is 4. The monoisotopic (exact) mass is 225 g/mol. The molecule has 4 nitrogen and oxygen atoms in total. The summed E-state index contributed by atoms with van der Waals surface area (Å²) in [6, 6.07) is 5.36. The Morgan fingerprint density at radius 3 is 2.62 bits per heavy atom. The third-order valence-electron chi connectivity index (χ3n) is 2.24. The van der Waals surface area contributed by atoms with Crippen LogP contribution < -0.4 is 15.2 Å². The molecule has 2 N–H and O–H groups in total. The van der Waals surface area contributed by atoms with Gasteiger partial charge in [0.1, 0.15) is 0 Å². The summed E-state index contributed by atoms with van der Waals surface area (Å²) >= 11 is 0. The fourth-order valence-corrected chi connectivity index (χ4v) is 1.34. The number of nitrogens with two attached hydrogens (primary N) is 1. The van der Waals surface area contributed by atoms with Gasteiger partial charge in [0.15, 0.2) is 11.5 Å². The zero-order valence-electron chi connectivity index (χ0n) is 10.0. The minimum Gasteiger partial charge on any atom is -0.493 e. The Morgan fingerprint density at radius 1 is 1.25 bits per heavy atom. The average molecular weight is 225 g/mol. The Balaban J connectivity index is 2.65. The van der Waals surface area contributed by atoms with Crippen molar-refractivity contribution in [3.8, 4) is 11.5 Å². The topological polar surface area (TPSA) is 53.7 Å². The van der Waals surface area contributed by atoms with E-state index in [9.17, 15) is 0 Å². The van der Waals surface area contributed by atoms with Crippen LogP contribution in [0.5, 0.6) is 11.5 Å². The maximum absolute atomic E-state index is 5.73. The quantitative estimate of drug-likeness (QED) is 0.753. The Bertz CT molecular complexity index is 328. The molecule has 0 bridgehead atoms. The van der Waals surface area contributed by atoms with E-state index in [1.807, 2.05) is 13.0 Å². The van der Waals surface area contributed by atoms with Crippen LogP contribution in [-0.2, 0) is 4.74 Å². The lowest BCUT2D eigenvalue weighted by Gasteiger charge is -2.16. The van der Waals surface area contributed by atoms with Crippen LogP contribution in [0.2, 0.25) is 0 Å². The molecule has 0 aromatic heterocycles. The van der Waals surface area contributed by atoms with Crippen LogP contribution in [0.4, 0.5) is 5.69 Å². The molecule has 0 fully saturated rings. The van der Waals surface area contributed by atoms with Gasteiger partial charge in [-0.2, -0.15) is 0 Å². The fraction of sp³-hybridized carbons (Fsp3) is 0.500. The molecule has 1 atom stereocenters. The summed E-state index contributed by atoms with van der Waals surface area (Å²) in [6.07, 6.45) is 0.918. The van der Waals surface area contributed by atoms with Crippen molar-refractivity contribution in [2.45, 2.75) is 19.4 Å². The maximum atomic E-state index is 5.73. The normalized spacial score (nSPS) is 12.2. The summed E-state index contributed by atoms with van der Waals surface area (Å²) in [5.41, 5.74) is 6.32. The second-order valence-electron chi connectivity index (χ2n) is 3.62. The van der Waals surface area contributed by atoms with Gasteiger partial charge in [-0.05, 0) is 19.1 Å². The number of methoxy groups -OCH3 is 2. The zero-order chi connectivity index (χ0) is 12.0. The second kappa shape index (κ2) is 6.23. The molecule has 0 saturated heterocycles. The molecule has 4 heteroatoms. The van der Waals surface area contributed by atoms with E-state index in [0.29, 0.717) is 23.8 Å². The minimum absolute atomic E-state index is 0.0810. The van der Waals surface area contributed by atoms with Crippen LogP contribution in [0.1, 0.15) is 13.3 Å². The molecule has 0 heterocycles. The highest BCUT2D eigenvalue weighted by molar-refractivity contribution is 5.51. The largest absolute Gasteiger partial charge is 0.493 e. The summed E-state index contributed by atoms with van der Waals surface area (Å²) in [7, 11) is 3.28. The lowest BCUT2D eigenvalue weighted by Crippen LogP contribution is -2.14. The summed E-state index contributed by atoms with van der Waals surface area (Å²) < 4.78 is 15.9. The standard InChI is InChI=1S/C12H19NO3/c1-9(6-7-14-2)16-11-5-4-10(13)8-12(11)15-3/h4-5,8-9H,6-7,13H2,1-3H3. The van der Waals surface area contributed by atoms with Crippen molar-refractivity contribution >= 4 is 5.69 Å². The predicted octanol–water partition coefficient (Wildman–Crippen LogP) is 2.08. The Morgan fingerprint density at radius 2 is 2.00 bits per heavy atom. The number of benzene rings is 1. The van der Waals surface area contributed by atoms with E-state index in [2.05, 4.69) is 0 Å². The van der Waals surface area contributed by atoms with Crippen LogP contribution in [0.15, 0.2) is 18.2 Å². The number of hydrogen-bond donors (Lipinski definition) is 1. The lowest BCUT2D eigenvalue weighted by atomic mass is 10.2. The van der Waals surface area contributed by atoms with Crippen molar-refractivity contribution in [1.82, 2.24) is 0 Å². The smallest absolute Gasteiger partial charge is 0.162 e. The lowest BCUT2D eigenvalue weighted by molar-refractivity contribution is 0.133. The van der Waals surface area contributed by atoms with Gasteiger partial charge >= 0.3 is 0 Å². The summed E-state index contributed by atoms with van der Waals surface area (Å²) in [5.74, 6) is 1.37. The molecule has 1 rings (SSSR count). The molecular weight excluding hydrogens is 206 g/mol. The first-order chi connectivity index (χ1) is 7.67. The van der Waals surface area contributed by atoms with Crippen molar-refractivity contribution in [3.05, 3.63) is 18.2 Å². The van der Waals surface area contributed by atoms with Gasteiger partial charge in [0.05, 0.1) is 13.2 Å². The Kier molecular flexibility index (Phi) is 4.92. The molecule has 1 aromatic carbocycles. The van der Waals surface area contributed by atoms with Gasteiger partial charge in [-0.3, -0.25) is 0 Å². The van der Waals surface area contributed by atoms with Crippen molar-refractivity contribution in [1.29, 1.82) is 0 Å². The van der Waals surface area contributed by atoms with Gasteiger partial charge in [-0.1, -0.05) is 0 Å². The molecular formula is C12H19NO3. The Hall–Kier alpha value is -1.42. The third-order valence-corrected chi connectivity index (χ3v) is 2.24. The molecule has 0 amide bonds. The first-order valence-electron chi connectivity index (χ1n) is 5.26. The van der Waals surface area contributed by atoms with E-state index in [-0.39, 0.29) is 6.10 Å². The molecule has 16 heavy (non-hydrogen) atoms. The highest BCUT2D eigenvalue weighted by atomic mass is 16.5. The molecule has 1 unspecified atom stereocenters. The summed E-state index contributed by atoms with van der Waals surface area (Å²) in [6.45, 7) is 2.67. The van der Waals surface area contributed by atoms with Crippen molar-refractivity contribution in [2.24, 2.45) is 0 Å². The van der Waals surface area contributed by atoms with E-state index < -0.39 is 0 Å². The minimum atomic E-state index is 0.0810. The zero-order valence-corrected chi connectivity index (χ0v) is 10.0. The first kappa shape index (κ1) is 12.6. The summed E-state index contributed by atoms with van der Waals surface area (Å²) in [4.78, 5) is 0. The van der Waals surface area contributed by atoms with Gasteiger partial charge in [-0.25, -0.2) is 0 Å². The van der Waals surface area contributed by atoms with Crippen LogP contribution in [0, 0.1) is 0 Å². The van der Waals surface area contributed by atoms with Crippen molar-refractivity contribution < 1.29 is 14.2 Å².